The summed E-state index contributed by atoms with van der Waals surface area (Å²) >= 11 is 1.45. The van der Waals surface area contributed by atoms with E-state index in [0.717, 1.165) is 47.2 Å². The maximum atomic E-state index is 13.1. The summed E-state index contributed by atoms with van der Waals surface area (Å²) in [5.74, 6) is 1.24. The second-order valence-electron chi connectivity index (χ2n) is 7.05. The van der Waals surface area contributed by atoms with E-state index in [2.05, 4.69) is 44.8 Å². The zero-order valence-corrected chi connectivity index (χ0v) is 18.3. The number of thioether (sulfide) groups is 1. The van der Waals surface area contributed by atoms with Crippen LogP contribution in [0.1, 0.15) is 13.8 Å². The lowest BCUT2D eigenvalue weighted by atomic mass is 10.1. The summed E-state index contributed by atoms with van der Waals surface area (Å²) in [5.41, 5.74) is 0.951. The number of anilines is 2. The van der Waals surface area contributed by atoms with Gasteiger partial charge in [0, 0.05) is 31.6 Å². The highest BCUT2D eigenvalue weighted by atomic mass is 32.2. The van der Waals surface area contributed by atoms with Crippen LogP contribution in [0, 0.1) is 0 Å². The van der Waals surface area contributed by atoms with Crippen molar-refractivity contribution in [2.75, 3.05) is 48.4 Å². The smallest absolute Gasteiger partial charge is 0.237 e. The zero-order valence-electron chi connectivity index (χ0n) is 17.5. The number of amides is 1. The Labute approximate surface area is 181 Å². The molecule has 2 heterocycles. The summed E-state index contributed by atoms with van der Waals surface area (Å²) in [4.78, 5) is 17.2. The molecule has 4 rings (SSSR count). The first-order valence-electron chi connectivity index (χ1n) is 10.4. The first-order chi connectivity index (χ1) is 14.7. The van der Waals surface area contributed by atoms with E-state index < -0.39 is 0 Å². The van der Waals surface area contributed by atoms with Crippen LogP contribution in [0.25, 0.3) is 10.8 Å². The van der Waals surface area contributed by atoms with Crippen molar-refractivity contribution in [3.63, 3.8) is 0 Å². The fourth-order valence-electron chi connectivity index (χ4n) is 3.79. The van der Waals surface area contributed by atoms with Crippen molar-refractivity contribution in [1.29, 1.82) is 0 Å². The van der Waals surface area contributed by atoms with Crippen molar-refractivity contribution in [3.05, 3.63) is 42.5 Å². The van der Waals surface area contributed by atoms with Crippen molar-refractivity contribution in [1.82, 2.24) is 14.8 Å². The normalized spacial score (nSPS) is 14.3. The number of benzene rings is 2. The average molecular weight is 426 g/mol. The molecule has 0 N–H and O–H groups in total. The van der Waals surface area contributed by atoms with Crippen LogP contribution in [0.2, 0.25) is 0 Å². The van der Waals surface area contributed by atoms with Gasteiger partial charge in [-0.05, 0) is 25.3 Å². The molecule has 1 saturated heterocycles. The molecular formula is C22H27N5O2S. The number of hydrogen-bond donors (Lipinski definition) is 0. The summed E-state index contributed by atoms with van der Waals surface area (Å²) in [7, 11) is 0. The van der Waals surface area contributed by atoms with Crippen LogP contribution in [-0.4, -0.2) is 59.3 Å². The van der Waals surface area contributed by atoms with Crippen LogP contribution in [0.3, 0.4) is 0 Å². The Balaban J connectivity index is 1.50. The summed E-state index contributed by atoms with van der Waals surface area (Å²) in [6.07, 6.45) is 0. The summed E-state index contributed by atoms with van der Waals surface area (Å²) in [6, 6.07) is 14.3. The highest BCUT2D eigenvalue weighted by molar-refractivity contribution is 7.99. The van der Waals surface area contributed by atoms with Crippen molar-refractivity contribution in [2.24, 2.45) is 0 Å². The van der Waals surface area contributed by atoms with E-state index in [-0.39, 0.29) is 5.91 Å². The number of ether oxygens (including phenoxy) is 1. The van der Waals surface area contributed by atoms with Gasteiger partial charge in [0.2, 0.25) is 11.9 Å². The molecule has 0 bridgehead atoms. The molecule has 1 aromatic heterocycles. The summed E-state index contributed by atoms with van der Waals surface area (Å²) < 4.78 is 7.52. The van der Waals surface area contributed by atoms with Crippen molar-refractivity contribution < 1.29 is 9.53 Å². The molecule has 0 atom stereocenters. The Hall–Kier alpha value is -2.58. The Bertz CT molecular complexity index is 1010. The Morgan fingerprint density at radius 1 is 1.10 bits per heavy atom. The Morgan fingerprint density at radius 3 is 2.63 bits per heavy atom. The van der Waals surface area contributed by atoms with Gasteiger partial charge in [-0.25, -0.2) is 0 Å². The largest absolute Gasteiger partial charge is 0.378 e. The molecule has 1 aliphatic rings. The van der Waals surface area contributed by atoms with Crippen molar-refractivity contribution >= 4 is 40.1 Å². The first kappa shape index (κ1) is 20.7. The molecule has 1 fully saturated rings. The highest BCUT2D eigenvalue weighted by Crippen LogP contribution is 2.28. The molecule has 0 radical (unpaired) electrons. The molecule has 158 valence electrons. The number of hydrogen-bond acceptors (Lipinski definition) is 6. The van der Waals surface area contributed by atoms with E-state index in [1.807, 2.05) is 36.1 Å². The van der Waals surface area contributed by atoms with Crippen LogP contribution in [-0.2, 0) is 16.1 Å². The SMILES string of the molecule is CCN(C(=O)CSc1nnc(N2CCOCC2)n1CC)c1cccc2ccccc12. The molecule has 3 aromatic rings. The van der Waals surface area contributed by atoms with Crippen LogP contribution >= 0.6 is 11.8 Å². The quantitative estimate of drug-likeness (QED) is 0.541. The van der Waals surface area contributed by atoms with Crippen LogP contribution < -0.4 is 9.80 Å². The second kappa shape index (κ2) is 9.49. The van der Waals surface area contributed by atoms with Crippen LogP contribution in [0.4, 0.5) is 11.6 Å². The fourth-order valence-corrected chi connectivity index (χ4v) is 4.66. The third-order valence-corrected chi connectivity index (χ3v) is 6.26. The van der Waals surface area contributed by atoms with Gasteiger partial charge in [0.1, 0.15) is 0 Å². The van der Waals surface area contributed by atoms with Crippen LogP contribution in [0.15, 0.2) is 47.6 Å². The van der Waals surface area contributed by atoms with E-state index in [9.17, 15) is 4.79 Å². The standard InChI is InChI=1S/C22H27N5O2S/c1-3-26(19-11-7-9-17-8-5-6-10-18(17)19)20(28)16-30-22-24-23-21(27(22)4-2)25-12-14-29-15-13-25/h5-11H,3-4,12-16H2,1-2H3. The molecule has 0 unspecified atom stereocenters. The molecule has 1 aliphatic heterocycles. The minimum absolute atomic E-state index is 0.0671. The second-order valence-corrected chi connectivity index (χ2v) is 7.99. The molecule has 7 nitrogen and oxygen atoms in total. The summed E-state index contributed by atoms with van der Waals surface area (Å²) in [6.45, 7) is 8.49. The van der Waals surface area contributed by atoms with E-state index in [4.69, 9.17) is 4.74 Å². The minimum atomic E-state index is 0.0671. The topological polar surface area (TPSA) is 63.5 Å². The number of aromatic nitrogens is 3. The zero-order chi connectivity index (χ0) is 20.9. The Morgan fingerprint density at radius 2 is 1.87 bits per heavy atom. The van der Waals surface area contributed by atoms with E-state index in [1.165, 1.54) is 11.8 Å². The van der Waals surface area contributed by atoms with Gasteiger partial charge in [-0.1, -0.05) is 48.2 Å². The van der Waals surface area contributed by atoms with Crippen molar-refractivity contribution in [3.8, 4) is 0 Å². The van der Waals surface area contributed by atoms with Crippen LogP contribution in [0.5, 0.6) is 0 Å². The van der Waals surface area contributed by atoms with Gasteiger partial charge in [-0.2, -0.15) is 0 Å². The van der Waals surface area contributed by atoms with Gasteiger partial charge in [-0.15, -0.1) is 10.2 Å². The fraction of sp³-hybridized carbons (Fsp3) is 0.409. The van der Waals surface area contributed by atoms with Gasteiger partial charge >= 0.3 is 0 Å². The third kappa shape index (κ3) is 4.15. The third-order valence-electron chi connectivity index (χ3n) is 5.31. The lowest BCUT2D eigenvalue weighted by Crippen LogP contribution is -2.38. The molecular weight excluding hydrogens is 398 g/mol. The number of morpholine rings is 1. The van der Waals surface area contributed by atoms with Crippen molar-refractivity contribution in [2.45, 2.75) is 25.5 Å². The van der Waals surface area contributed by atoms with Gasteiger partial charge in [0.05, 0.1) is 24.7 Å². The average Bonchev–Trinajstić information content (AvgIpc) is 3.22. The highest BCUT2D eigenvalue weighted by Gasteiger charge is 2.22. The predicted molar refractivity (Wildman–Crippen MR) is 121 cm³/mol. The maximum absolute atomic E-state index is 13.1. The number of carbonyl (C=O) groups is 1. The molecule has 8 heteroatoms. The van der Waals surface area contributed by atoms with Gasteiger partial charge in [0.25, 0.3) is 0 Å². The lowest BCUT2D eigenvalue weighted by Gasteiger charge is -2.27. The molecule has 1 amide bonds. The molecule has 2 aromatic carbocycles. The van der Waals surface area contributed by atoms with Gasteiger partial charge in [-0.3, -0.25) is 9.36 Å². The van der Waals surface area contributed by atoms with E-state index in [0.29, 0.717) is 25.5 Å². The number of carbonyl (C=O) groups excluding carboxylic acids is 1. The predicted octanol–water partition coefficient (Wildman–Crippen LogP) is 3.43. The number of rotatable bonds is 7. The monoisotopic (exact) mass is 425 g/mol. The van der Waals surface area contributed by atoms with Gasteiger partial charge in [0.15, 0.2) is 5.16 Å². The van der Waals surface area contributed by atoms with E-state index >= 15 is 0 Å². The summed E-state index contributed by atoms with van der Waals surface area (Å²) in [5, 5.41) is 11.8. The molecule has 0 saturated carbocycles. The number of fused-ring (bicyclic) bond motifs is 1. The first-order valence-corrected chi connectivity index (χ1v) is 11.4. The minimum Gasteiger partial charge on any atom is -0.378 e. The molecule has 0 aliphatic carbocycles. The van der Waals surface area contributed by atoms with E-state index in [1.54, 1.807) is 0 Å². The maximum Gasteiger partial charge on any atom is 0.237 e. The lowest BCUT2D eigenvalue weighted by molar-refractivity contribution is -0.116. The van der Waals surface area contributed by atoms with Gasteiger partial charge < -0.3 is 14.5 Å². The number of nitrogens with zero attached hydrogens (tertiary/aromatic N) is 5. The molecule has 30 heavy (non-hydrogen) atoms. The molecule has 0 spiro atoms. The Kier molecular flexibility index (Phi) is 6.54.